The van der Waals surface area contributed by atoms with Crippen molar-refractivity contribution in [3.63, 3.8) is 0 Å². The van der Waals surface area contributed by atoms with Crippen molar-refractivity contribution in [2.45, 2.75) is 24.7 Å². The van der Waals surface area contributed by atoms with Crippen LogP contribution < -0.4 is 11.4 Å². The molecule has 1 aliphatic carbocycles. The van der Waals surface area contributed by atoms with Crippen LogP contribution in [0.5, 0.6) is 0 Å². The summed E-state index contributed by atoms with van der Waals surface area (Å²) in [5.41, 5.74) is 4.61. The predicted molar refractivity (Wildman–Crippen MR) is 77.6 cm³/mol. The average Bonchev–Trinajstić information content (AvgIpc) is 3.00. The second-order valence-corrected chi connectivity index (χ2v) is 6.73. The fraction of sp³-hybridized carbons (Fsp3) is 0.545. The lowest BCUT2D eigenvalue weighted by molar-refractivity contribution is -0.00374. The molecule has 0 amide bonds. The summed E-state index contributed by atoms with van der Waals surface area (Å²) in [5, 5.41) is 20.3. The monoisotopic (exact) mass is 362 g/mol. The van der Waals surface area contributed by atoms with E-state index in [0.717, 1.165) is 0 Å². The van der Waals surface area contributed by atoms with Gasteiger partial charge in [-0.05, 0) is 6.42 Å². The molecule has 0 aromatic carbocycles. The number of nitrogen functional groups attached to an aromatic ring is 1. The normalized spacial score (nSPS) is 27.8. The molecule has 0 aliphatic heterocycles. The van der Waals surface area contributed by atoms with Crippen molar-refractivity contribution in [3.05, 3.63) is 16.7 Å². The molecule has 0 bridgehead atoms. The number of rotatable bonds is 4. The molecule has 2 aromatic rings. The molecule has 13 heteroatoms. The highest BCUT2D eigenvalue weighted by molar-refractivity contribution is 7.46. The molecule has 0 radical (unpaired) electrons. The van der Waals surface area contributed by atoms with Crippen molar-refractivity contribution < 1.29 is 33.5 Å². The van der Waals surface area contributed by atoms with Gasteiger partial charge >= 0.3 is 13.4 Å². The Morgan fingerprint density at radius 3 is 2.79 bits per heavy atom. The molecule has 1 fully saturated rings. The topological polar surface area (TPSA) is 194 Å². The molecule has 2 heterocycles. The number of aliphatic hydroxyl groups is 2. The van der Waals surface area contributed by atoms with E-state index in [2.05, 4.69) is 18.9 Å². The molecule has 132 valence electrons. The first-order valence-corrected chi connectivity index (χ1v) is 8.40. The first-order valence-electron chi connectivity index (χ1n) is 6.87. The summed E-state index contributed by atoms with van der Waals surface area (Å²) in [4.78, 5) is 36.9. The Balaban J connectivity index is 1.90. The molecule has 1 saturated carbocycles. The number of imidazole rings is 1. The van der Waals surface area contributed by atoms with E-state index in [9.17, 15) is 19.6 Å². The van der Waals surface area contributed by atoms with Crippen molar-refractivity contribution in [2.75, 3.05) is 12.3 Å². The summed E-state index contributed by atoms with van der Waals surface area (Å²) in [6.45, 7) is -0.441. The van der Waals surface area contributed by atoms with Gasteiger partial charge in [-0.15, -0.1) is 0 Å². The van der Waals surface area contributed by atoms with Crippen LogP contribution >= 0.6 is 7.82 Å². The van der Waals surface area contributed by atoms with Gasteiger partial charge in [-0.2, -0.15) is 4.98 Å². The maximum absolute atomic E-state index is 11.7. The van der Waals surface area contributed by atoms with E-state index in [4.69, 9.17) is 15.5 Å². The first kappa shape index (κ1) is 17.0. The van der Waals surface area contributed by atoms with Gasteiger partial charge in [0.1, 0.15) is 6.10 Å². The molecule has 4 atom stereocenters. The van der Waals surface area contributed by atoms with Gasteiger partial charge in [-0.3, -0.25) is 4.52 Å². The van der Waals surface area contributed by atoms with Crippen LogP contribution in [0, 0.1) is 5.92 Å². The van der Waals surface area contributed by atoms with Gasteiger partial charge in [-0.1, -0.05) is 0 Å². The number of anilines is 1. The molecule has 12 nitrogen and oxygen atoms in total. The van der Waals surface area contributed by atoms with Crippen molar-refractivity contribution in [1.29, 1.82) is 0 Å². The molecule has 0 saturated heterocycles. The maximum Gasteiger partial charge on any atom is 0.469 e. The summed E-state index contributed by atoms with van der Waals surface area (Å²) < 4.78 is 21.2. The number of fused-ring (bicyclic) bond motifs is 1. The van der Waals surface area contributed by atoms with E-state index in [1.165, 1.54) is 10.9 Å². The quantitative estimate of drug-likeness (QED) is 0.391. The Bertz CT molecular complexity index is 859. The van der Waals surface area contributed by atoms with Gasteiger partial charge < -0.3 is 34.7 Å². The number of hydrogen-bond acceptors (Lipinski definition) is 9. The minimum Gasteiger partial charge on any atom is -0.390 e. The molecule has 6 N–H and O–H groups in total. The predicted octanol–water partition coefficient (Wildman–Crippen LogP) is -1.64. The van der Waals surface area contributed by atoms with Crippen LogP contribution in [0.4, 0.5) is 6.01 Å². The average molecular weight is 362 g/mol. The SMILES string of the molecule is Nc1nc2c(ncn2[C@@H]2C[C@H](COP(=O)(O)O)[C@@H](O)[C@H]2O)c(=O)o1. The van der Waals surface area contributed by atoms with Crippen LogP contribution in [0.25, 0.3) is 11.2 Å². The summed E-state index contributed by atoms with van der Waals surface area (Å²) in [7, 11) is -4.69. The van der Waals surface area contributed by atoms with Crippen molar-refractivity contribution in [2.24, 2.45) is 5.92 Å². The van der Waals surface area contributed by atoms with Crippen LogP contribution in [0.1, 0.15) is 12.5 Å². The summed E-state index contributed by atoms with van der Waals surface area (Å²) in [5.74, 6) is -0.729. The molecular formula is C11H15N4O8P. The number of aliphatic hydroxyl groups excluding tert-OH is 2. The van der Waals surface area contributed by atoms with E-state index in [1.807, 2.05) is 0 Å². The zero-order valence-electron chi connectivity index (χ0n) is 12.1. The Hall–Kier alpha value is -1.82. The fourth-order valence-electron chi connectivity index (χ4n) is 2.86. The first-order chi connectivity index (χ1) is 11.2. The highest BCUT2D eigenvalue weighted by Gasteiger charge is 2.44. The van der Waals surface area contributed by atoms with Gasteiger partial charge in [0.05, 0.1) is 25.1 Å². The number of nitrogens with zero attached hydrogens (tertiary/aromatic N) is 3. The minimum absolute atomic E-state index is 0.0801. The lowest BCUT2D eigenvalue weighted by Gasteiger charge is -2.18. The zero-order chi connectivity index (χ0) is 17.6. The van der Waals surface area contributed by atoms with Crippen molar-refractivity contribution in [3.8, 4) is 0 Å². The molecule has 2 aromatic heterocycles. The van der Waals surface area contributed by atoms with Crippen LogP contribution in [0.15, 0.2) is 15.5 Å². The summed E-state index contributed by atoms with van der Waals surface area (Å²) in [6.07, 6.45) is -1.18. The molecule has 1 aliphatic rings. The van der Waals surface area contributed by atoms with Gasteiger partial charge in [0.25, 0.3) is 6.01 Å². The Labute approximate surface area is 133 Å². The highest BCUT2D eigenvalue weighted by atomic mass is 31.2. The standard InChI is InChI=1S/C11H15N4O8P/c12-11-14-9-6(10(18)23-11)13-3-15(9)5-1-4(7(16)8(5)17)2-22-24(19,20)21/h3-5,7-8,16-17H,1-2H2,(H2,12,14)(H2,19,20,21)/t4-,5-,7-,8+/m1/s1. The molecule has 0 unspecified atom stereocenters. The van der Waals surface area contributed by atoms with E-state index < -0.39 is 44.2 Å². The number of phosphoric acid groups is 1. The van der Waals surface area contributed by atoms with Gasteiger partial charge in [-0.25, -0.2) is 14.3 Å². The zero-order valence-corrected chi connectivity index (χ0v) is 13.0. The van der Waals surface area contributed by atoms with E-state index in [0.29, 0.717) is 0 Å². The van der Waals surface area contributed by atoms with Crippen molar-refractivity contribution >= 4 is 25.0 Å². The third kappa shape index (κ3) is 3.07. The van der Waals surface area contributed by atoms with Gasteiger partial charge in [0, 0.05) is 5.92 Å². The van der Waals surface area contributed by atoms with E-state index >= 15 is 0 Å². The second kappa shape index (κ2) is 5.92. The maximum atomic E-state index is 11.7. The summed E-state index contributed by atoms with van der Waals surface area (Å²) >= 11 is 0. The smallest absolute Gasteiger partial charge is 0.390 e. The van der Waals surface area contributed by atoms with Crippen LogP contribution in [0.3, 0.4) is 0 Å². The van der Waals surface area contributed by atoms with Crippen LogP contribution in [-0.2, 0) is 9.09 Å². The van der Waals surface area contributed by atoms with Crippen LogP contribution in [-0.4, -0.2) is 53.3 Å². The molecular weight excluding hydrogens is 347 g/mol. The van der Waals surface area contributed by atoms with Crippen LogP contribution in [0.2, 0.25) is 0 Å². The van der Waals surface area contributed by atoms with E-state index in [1.54, 1.807) is 0 Å². The molecule has 0 spiro atoms. The van der Waals surface area contributed by atoms with Gasteiger partial charge in [0.15, 0.2) is 11.2 Å². The third-order valence-corrected chi connectivity index (χ3v) is 4.45. The fourth-order valence-corrected chi connectivity index (χ4v) is 3.24. The molecule has 24 heavy (non-hydrogen) atoms. The Kier molecular flexibility index (Phi) is 4.20. The largest absolute Gasteiger partial charge is 0.469 e. The lowest BCUT2D eigenvalue weighted by Crippen LogP contribution is -2.30. The summed E-state index contributed by atoms with van der Waals surface area (Å²) in [6, 6.07) is -1.10. The highest BCUT2D eigenvalue weighted by Crippen LogP contribution is 2.41. The number of aromatic nitrogens is 3. The number of nitrogens with two attached hydrogens (primary N) is 1. The number of hydrogen-bond donors (Lipinski definition) is 5. The third-order valence-electron chi connectivity index (χ3n) is 3.96. The van der Waals surface area contributed by atoms with E-state index in [-0.39, 0.29) is 23.6 Å². The Morgan fingerprint density at radius 1 is 1.42 bits per heavy atom. The molecule has 3 rings (SSSR count). The van der Waals surface area contributed by atoms with Crippen molar-refractivity contribution in [1.82, 2.24) is 14.5 Å². The Morgan fingerprint density at radius 2 is 2.12 bits per heavy atom. The lowest BCUT2D eigenvalue weighted by atomic mass is 10.1. The number of phosphoric ester groups is 1. The second-order valence-electron chi connectivity index (χ2n) is 5.49. The minimum atomic E-state index is -4.69. The van der Waals surface area contributed by atoms with Gasteiger partial charge in [0.2, 0.25) is 0 Å².